The van der Waals surface area contributed by atoms with E-state index in [0.717, 1.165) is 31.6 Å². The fourth-order valence-corrected chi connectivity index (χ4v) is 3.12. The minimum Gasteiger partial charge on any atom is -0.396 e. The van der Waals surface area contributed by atoms with Crippen molar-refractivity contribution in [2.45, 2.75) is 32.2 Å². The molecule has 1 aliphatic carbocycles. The van der Waals surface area contributed by atoms with Crippen molar-refractivity contribution in [2.24, 2.45) is 5.41 Å². The van der Waals surface area contributed by atoms with E-state index in [9.17, 15) is 5.11 Å². The maximum Gasteiger partial charge on any atom is 0.154 e. The Labute approximate surface area is 106 Å². The fourth-order valence-electron chi connectivity index (χ4n) is 2.95. The van der Waals surface area contributed by atoms with Crippen molar-refractivity contribution in [1.29, 1.82) is 0 Å². The predicted octanol–water partition coefficient (Wildman–Crippen LogP) is 1.65. The summed E-state index contributed by atoms with van der Waals surface area (Å²) in [6.07, 6.45) is 3.07. The predicted molar refractivity (Wildman–Crippen MR) is 66.3 cm³/mol. The van der Waals surface area contributed by atoms with Gasteiger partial charge in [0.15, 0.2) is 11.0 Å². The molecule has 0 saturated heterocycles. The summed E-state index contributed by atoms with van der Waals surface area (Å²) in [7, 11) is 0. The van der Waals surface area contributed by atoms with Crippen LogP contribution in [0.25, 0.3) is 0 Å². The lowest BCUT2D eigenvalue weighted by atomic mass is 9.67. The molecule has 92 valence electrons. The third kappa shape index (κ3) is 1.79. The van der Waals surface area contributed by atoms with Crippen LogP contribution in [0, 0.1) is 5.41 Å². The van der Waals surface area contributed by atoms with Gasteiger partial charge in [0, 0.05) is 24.8 Å². The molecule has 0 unspecified atom stereocenters. The SMILES string of the molecule is CC1(CO)CC(N2CCc3cc(Cl)nnc32)C1. The van der Waals surface area contributed by atoms with Crippen LogP contribution in [0.3, 0.4) is 0 Å². The standard InChI is InChI=1S/C12H16ClN3O/c1-12(7-17)5-9(6-12)16-3-2-8-4-10(13)14-15-11(8)16/h4,9,17H,2-3,5-7H2,1H3. The van der Waals surface area contributed by atoms with Gasteiger partial charge >= 0.3 is 0 Å². The van der Waals surface area contributed by atoms with E-state index in [4.69, 9.17) is 11.6 Å². The van der Waals surface area contributed by atoms with Crippen LogP contribution in [-0.2, 0) is 6.42 Å². The highest BCUT2D eigenvalue weighted by molar-refractivity contribution is 6.29. The summed E-state index contributed by atoms with van der Waals surface area (Å²) < 4.78 is 0. The molecule has 0 bridgehead atoms. The number of anilines is 1. The lowest BCUT2D eigenvalue weighted by Crippen LogP contribution is -2.51. The van der Waals surface area contributed by atoms with Gasteiger partial charge in [0.25, 0.3) is 0 Å². The normalized spacial score (nSPS) is 31.2. The minimum atomic E-state index is 0.104. The van der Waals surface area contributed by atoms with Crippen molar-refractivity contribution in [3.05, 3.63) is 16.8 Å². The second-order valence-corrected chi connectivity index (χ2v) is 5.88. The van der Waals surface area contributed by atoms with Gasteiger partial charge in [-0.15, -0.1) is 10.2 Å². The topological polar surface area (TPSA) is 49.2 Å². The molecule has 1 fully saturated rings. The Morgan fingerprint density at radius 2 is 2.29 bits per heavy atom. The number of aliphatic hydroxyl groups is 1. The zero-order valence-corrected chi connectivity index (χ0v) is 10.6. The third-order valence-corrected chi connectivity index (χ3v) is 4.18. The highest BCUT2D eigenvalue weighted by Gasteiger charge is 2.44. The smallest absolute Gasteiger partial charge is 0.154 e. The molecule has 4 nitrogen and oxygen atoms in total. The molecule has 2 aliphatic rings. The first-order valence-corrected chi connectivity index (χ1v) is 6.39. The van der Waals surface area contributed by atoms with Gasteiger partial charge in [-0.2, -0.15) is 0 Å². The first-order chi connectivity index (χ1) is 8.11. The number of aromatic nitrogens is 2. The summed E-state index contributed by atoms with van der Waals surface area (Å²) in [6.45, 7) is 3.40. The van der Waals surface area contributed by atoms with Crippen LogP contribution >= 0.6 is 11.6 Å². The van der Waals surface area contributed by atoms with Crippen molar-refractivity contribution in [2.75, 3.05) is 18.1 Å². The molecule has 2 heterocycles. The van der Waals surface area contributed by atoms with Gasteiger partial charge in [0.1, 0.15) is 0 Å². The molecular weight excluding hydrogens is 238 g/mol. The van der Waals surface area contributed by atoms with Gasteiger partial charge in [-0.25, -0.2) is 0 Å². The molecule has 1 aromatic rings. The van der Waals surface area contributed by atoms with E-state index < -0.39 is 0 Å². The minimum absolute atomic E-state index is 0.104. The average molecular weight is 254 g/mol. The first-order valence-electron chi connectivity index (χ1n) is 6.01. The number of hydrogen-bond donors (Lipinski definition) is 1. The molecular formula is C12H16ClN3O. The van der Waals surface area contributed by atoms with Crippen molar-refractivity contribution < 1.29 is 5.11 Å². The molecule has 0 spiro atoms. The van der Waals surface area contributed by atoms with Crippen LogP contribution in [0.5, 0.6) is 0 Å². The summed E-state index contributed by atoms with van der Waals surface area (Å²) in [5.41, 5.74) is 1.30. The second-order valence-electron chi connectivity index (χ2n) is 5.49. The Kier molecular flexibility index (Phi) is 2.52. The van der Waals surface area contributed by atoms with Crippen molar-refractivity contribution in [1.82, 2.24) is 10.2 Å². The Balaban J connectivity index is 1.77. The quantitative estimate of drug-likeness (QED) is 0.871. The maximum absolute atomic E-state index is 9.27. The maximum atomic E-state index is 9.27. The molecule has 1 aliphatic heterocycles. The van der Waals surface area contributed by atoms with Crippen molar-refractivity contribution in [3.8, 4) is 0 Å². The van der Waals surface area contributed by atoms with Crippen LogP contribution in [-0.4, -0.2) is 34.5 Å². The van der Waals surface area contributed by atoms with Crippen LogP contribution in [0.15, 0.2) is 6.07 Å². The number of fused-ring (bicyclic) bond motifs is 1. The Morgan fingerprint density at radius 1 is 1.53 bits per heavy atom. The summed E-state index contributed by atoms with van der Waals surface area (Å²) in [5, 5.41) is 17.9. The molecule has 3 rings (SSSR count). The monoisotopic (exact) mass is 253 g/mol. The van der Waals surface area contributed by atoms with E-state index in [1.54, 1.807) is 0 Å². The number of hydrogen-bond acceptors (Lipinski definition) is 4. The third-order valence-electron chi connectivity index (χ3n) is 3.99. The van der Waals surface area contributed by atoms with E-state index in [-0.39, 0.29) is 12.0 Å². The second kappa shape index (κ2) is 3.82. The van der Waals surface area contributed by atoms with Gasteiger partial charge in [-0.05, 0) is 30.7 Å². The average Bonchev–Trinajstić information content (AvgIpc) is 2.67. The molecule has 0 atom stereocenters. The first kappa shape index (κ1) is 11.2. The van der Waals surface area contributed by atoms with Crippen LogP contribution in [0.1, 0.15) is 25.3 Å². The molecule has 0 amide bonds. The summed E-state index contributed by atoms with van der Waals surface area (Å²) >= 11 is 5.84. The van der Waals surface area contributed by atoms with E-state index in [1.807, 2.05) is 6.07 Å². The number of rotatable bonds is 2. The Hall–Kier alpha value is -0.870. The van der Waals surface area contributed by atoms with E-state index in [1.165, 1.54) is 5.56 Å². The number of nitrogens with zero attached hydrogens (tertiary/aromatic N) is 3. The molecule has 1 aromatic heterocycles. The fraction of sp³-hybridized carbons (Fsp3) is 0.667. The van der Waals surface area contributed by atoms with Crippen LogP contribution in [0.4, 0.5) is 5.82 Å². The van der Waals surface area contributed by atoms with Crippen molar-refractivity contribution >= 4 is 17.4 Å². The van der Waals surface area contributed by atoms with Gasteiger partial charge < -0.3 is 10.0 Å². The Morgan fingerprint density at radius 3 is 3.00 bits per heavy atom. The molecule has 0 aromatic carbocycles. The van der Waals surface area contributed by atoms with E-state index in [0.29, 0.717) is 11.2 Å². The van der Waals surface area contributed by atoms with E-state index >= 15 is 0 Å². The van der Waals surface area contributed by atoms with Gasteiger partial charge in [-0.1, -0.05) is 18.5 Å². The number of halogens is 1. The molecule has 5 heteroatoms. The molecule has 1 N–H and O–H groups in total. The summed E-state index contributed by atoms with van der Waals surface area (Å²) in [5.74, 6) is 0.986. The number of aliphatic hydroxyl groups excluding tert-OH is 1. The zero-order chi connectivity index (χ0) is 12.0. The van der Waals surface area contributed by atoms with Crippen LogP contribution < -0.4 is 4.90 Å². The lowest BCUT2D eigenvalue weighted by molar-refractivity contribution is 0.0430. The van der Waals surface area contributed by atoms with Gasteiger partial charge in [-0.3, -0.25) is 0 Å². The lowest BCUT2D eigenvalue weighted by Gasteiger charge is -2.48. The summed E-state index contributed by atoms with van der Waals surface area (Å²) in [6, 6.07) is 2.41. The molecule has 17 heavy (non-hydrogen) atoms. The van der Waals surface area contributed by atoms with Crippen molar-refractivity contribution in [3.63, 3.8) is 0 Å². The van der Waals surface area contributed by atoms with Gasteiger partial charge in [0.2, 0.25) is 0 Å². The van der Waals surface area contributed by atoms with Crippen LogP contribution in [0.2, 0.25) is 5.15 Å². The zero-order valence-electron chi connectivity index (χ0n) is 9.86. The highest BCUT2D eigenvalue weighted by atomic mass is 35.5. The summed E-state index contributed by atoms with van der Waals surface area (Å²) in [4.78, 5) is 2.32. The van der Waals surface area contributed by atoms with Gasteiger partial charge in [0.05, 0.1) is 0 Å². The van der Waals surface area contributed by atoms with E-state index in [2.05, 4.69) is 22.0 Å². The molecule has 0 radical (unpaired) electrons. The highest BCUT2D eigenvalue weighted by Crippen LogP contribution is 2.45. The molecule has 1 saturated carbocycles. The largest absolute Gasteiger partial charge is 0.396 e. The Bertz CT molecular complexity index is 445.